The quantitative estimate of drug-likeness (QED) is 0.523. The number of hydrogen-bond donors (Lipinski definition) is 2. The molecule has 0 aliphatic rings. The molecule has 0 saturated heterocycles. The van der Waals surface area contributed by atoms with E-state index in [2.05, 4.69) is 9.86 Å². The summed E-state index contributed by atoms with van der Waals surface area (Å²) in [6.45, 7) is 3.40. The van der Waals surface area contributed by atoms with Crippen LogP contribution in [-0.2, 0) is 10.2 Å². The largest absolute Gasteiger partial charge is 0.274 e. The molecule has 0 atom stereocenters. The van der Waals surface area contributed by atoms with Gasteiger partial charge in [0, 0.05) is 6.04 Å². The molecule has 0 rings (SSSR count). The van der Waals surface area contributed by atoms with Crippen molar-refractivity contribution in [1.82, 2.24) is 4.72 Å². The van der Waals surface area contributed by atoms with E-state index in [0.29, 0.717) is 0 Å². The van der Waals surface area contributed by atoms with Crippen molar-refractivity contribution in [1.29, 1.82) is 0 Å². The molecule has 50 valence electrons. The van der Waals surface area contributed by atoms with Crippen LogP contribution in [0.15, 0.2) is 0 Å². The smallest absolute Gasteiger partial charge is 0.216 e. The Hall–Kier alpha value is -0.130. The molecule has 0 aromatic rings. The Labute approximate surface area is 49.3 Å². The number of nitrogens with one attached hydrogen (secondary N) is 1. The van der Waals surface area contributed by atoms with Crippen molar-refractivity contribution in [3.05, 3.63) is 0 Å². The monoisotopic (exact) mass is 138 g/mol. The predicted molar refractivity (Wildman–Crippen MR) is 31.4 cm³/mol. The fourth-order valence-electron chi connectivity index (χ4n) is 0.329. The molecule has 0 unspecified atom stereocenters. The van der Waals surface area contributed by atoms with Crippen LogP contribution >= 0.6 is 0 Å². The first-order chi connectivity index (χ1) is 3.42. The summed E-state index contributed by atoms with van der Waals surface area (Å²) in [6, 6.07) is -0.120. The fourth-order valence-corrected chi connectivity index (χ4v) is 0.986. The predicted octanol–water partition coefficient (Wildman–Crippen LogP) is -0.812. The van der Waals surface area contributed by atoms with E-state index in [1.165, 1.54) is 0 Å². The molecule has 0 amide bonds. The Kier molecular flexibility index (Phi) is 2.39. The molecule has 0 aliphatic heterocycles. The Balaban J connectivity index is 3.75. The van der Waals surface area contributed by atoms with Crippen LogP contribution in [0.5, 0.6) is 0 Å². The van der Waals surface area contributed by atoms with E-state index < -0.39 is 10.2 Å². The van der Waals surface area contributed by atoms with E-state index in [0.717, 1.165) is 0 Å². The molecule has 0 heterocycles. The summed E-state index contributed by atoms with van der Waals surface area (Å²) in [4.78, 5) is 0. The van der Waals surface area contributed by atoms with Crippen LogP contribution in [0, 0.1) is 0 Å². The van der Waals surface area contributed by atoms with Gasteiger partial charge in [0.05, 0.1) is 0 Å². The van der Waals surface area contributed by atoms with Crippen molar-refractivity contribution >= 4 is 10.2 Å². The zero-order valence-corrected chi connectivity index (χ0v) is 5.70. The van der Waals surface area contributed by atoms with E-state index in [-0.39, 0.29) is 6.04 Å². The molecule has 0 spiro atoms. The zero-order chi connectivity index (χ0) is 6.78. The highest BCUT2D eigenvalue weighted by Crippen LogP contribution is 1.76. The number of hydrogen-bond acceptors (Lipinski definition) is 2. The first kappa shape index (κ1) is 7.87. The van der Waals surface area contributed by atoms with Crippen LogP contribution in [0.25, 0.3) is 0 Å². The third kappa shape index (κ3) is 5.87. The maximum absolute atomic E-state index is 10.1. The van der Waals surface area contributed by atoms with E-state index >= 15 is 0 Å². The Morgan fingerprint density at radius 2 is 1.88 bits per heavy atom. The topological polar surface area (TPSA) is 72.2 Å². The van der Waals surface area contributed by atoms with Gasteiger partial charge in [-0.05, 0) is 13.8 Å². The Morgan fingerprint density at radius 1 is 1.50 bits per heavy atom. The summed E-state index contributed by atoms with van der Waals surface area (Å²) in [5, 5.41) is 4.60. The highest BCUT2D eigenvalue weighted by Gasteiger charge is 2.01. The lowest BCUT2D eigenvalue weighted by Gasteiger charge is -2.02. The second-order valence-electron chi connectivity index (χ2n) is 1.82. The summed E-state index contributed by atoms with van der Waals surface area (Å²) in [5.41, 5.74) is 0. The van der Waals surface area contributed by atoms with Gasteiger partial charge in [-0.2, -0.15) is 13.1 Å². The summed E-state index contributed by atoms with van der Waals surface area (Å²) < 4.78 is 22.3. The zero-order valence-electron chi connectivity index (χ0n) is 4.88. The van der Waals surface area contributed by atoms with Gasteiger partial charge in [0.2, 0.25) is 0 Å². The van der Waals surface area contributed by atoms with Crippen LogP contribution in [-0.4, -0.2) is 14.5 Å². The minimum Gasteiger partial charge on any atom is -0.216 e. The fraction of sp³-hybridized carbons (Fsp3) is 1.00. The van der Waals surface area contributed by atoms with Crippen LogP contribution in [0.2, 0.25) is 0 Å². The third-order valence-electron chi connectivity index (χ3n) is 0.400. The van der Waals surface area contributed by atoms with Crippen LogP contribution in [0.1, 0.15) is 13.8 Å². The van der Waals surface area contributed by atoms with E-state index in [1.54, 1.807) is 13.8 Å². The molecule has 8 heavy (non-hydrogen) atoms. The molecule has 0 aromatic carbocycles. The minimum atomic E-state index is -3.47. The van der Waals surface area contributed by atoms with Gasteiger partial charge in [-0.25, -0.2) is 5.14 Å². The minimum absolute atomic E-state index is 0.120. The lowest BCUT2D eigenvalue weighted by atomic mass is 10.4. The molecule has 5 heteroatoms. The van der Waals surface area contributed by atoms with E-state index in [9.17, 15) is 8.42 Å². The molecular weight excluding hydrogens is 128 g/mol. The van der Waals surface area contributed by atoms with Crippen molar-refractivity contribution in [2.45, 2.75) is 19.9 Å². The highest BCUT2D eigenvalue weighted by molar-refractivity contribution is 7.87. The average Bonchev–Trinajstić information content (AvgIpc) is 1.21. The van der Waals surface area contributed by atoms with Gasteiger partial charge in [0.15, 0.2) is 0 Å². The molecule has 0 aromatic heterocycles. The molecule has 0 bridgehead atoms. The van der Waals surface area contributed by atoms with Gasteiger partial charge in [-0.3, -0.25) is 0 Å². The lowest BCUT2D eigenvalue weighted by Crippen LogP contribution is -2.35. The summed E-state index contributed by atoms with van der Waals surface area (Å²) in [6.07, 6.45) is 0. The molecule has 0 aliphatic carbocycles. The number of rotatable bonds is 2. The van der Waals surface area contributed by atoms with E-state index in [1.807, 2.05) is 0 Å². The average molecular weight is 138 g/mol. The molecule has 3 N–H and O–H groups in total. The van der Waals surface area contributed by atoms with Gasteiger partial charge >= 0.3 is 0 Å². The molecule has 0 radical (unpaired) electrons. The van der Waals surface area contributed by atoms with Crippen molar-refractivity contribution in [3.63, 3.8) is 0 Å². The summed E-state index contributed by atoms with van der Waals surface area (Å²) >= 11 is 0. The van der Waals surface area contributed by atoms with Crippen molar-refractivity contribution in [2.75, 3.05) is 0 Å². The molecule has 4 nitrogen and oxygen atoms in total. The van der Waals surface area contributed by atoms with Gasteiger partial charge in [0.25, 0.3) is 10.2 Å². The second kappa shape index (κ2) is 2.43. The molecular formula is C3H10N2O2S. The van der Waals surface area contributed by atoms with Crippen molar-refractivity contribution in [3.8, 4) is 0 Å². The van der Waals surface area contributed by atoms with E-state index in [4.69, 9.17) is 0 Å². The van der Waals surface area contributed by atoms with Crippen LogP contribution in [0.3, 0.4) is 0 Å². The number of nitrogens with two attached hydrogens (primary N) is 1. The van der Waals surface area contributed by atoms with Gasteiger partial charge in [-0.1, -0.05) is 0 Å². The summed E-state index contributed by atoms with van der Waals surface area (Å²) in [7, 11) is -3.47. The van der Waals surface area contributed by atoms with Crippen LogP contribution < -0.4 is 9.86 Å². The lowest BCUT2D eigenvalue weighted by molar-refractivity contribution is 0.571. The van der Waals surface area contributed by atoms with Crippen molar-refractivity contribution in [2.24, 2.45) is 5.14 Å². The highest BCUT2D eigenvalue weighted by atomic mass is 32.2. The first-order valence-corrected chi connectivity index (χ1v) is 3.76. The van der Waals surface area contributed by atoms with Gasteiger partial charge in [0.1, 0.15) is 0 Å². The molecule has 0 saturated carbocycles. The van der Waals surface area contributed by atoms with Crippen LogP contribution in [0.4, 0.5) is 0 Å². The maximum atomic E-state index is 10.1. The van der Waals surface area contributed by atoms with Gasteiger partial charge < -0.3 is 0 Å². The summed E-state index contributed by atoms with van der Waals surface area (Å²) in [5.74, 6) is 0. The first-order valence-electron chi connectivity index (χ1n) is 2.22. The standard InChI is InChI=1S/C3H10N2O2S/c1-3(2)5-8(4,6)7/h3,5H,1-2H3,(H2,4,6,7). The Bertz CT molecular complexity index is 149. The maximum Gasteiger partial charge on any atom is 0.274 e. The molecule has 0 fully saturated rings. The second-order valence-corrected chi connectivity index (χ2v) is 3.14. The normalized spacial score (nSPS) is 12.5. The Morgan fingerprint density at radius 3 is 1.88 bits per heavy atom. The van der Waals surface area contributed by atoms with Gasteiger partial charge in [-0.15, -0.1) is 0 Å². The third-order valence-corrected chi connectivity index (χ3v) is 1.20. The van der Waals surface area contributed by atoms with Crippen molar-refractivity contribution < 1.29 is 8.42 Å². The SMILES string of the molecule is CC(C)NS(N)(=O)=O.